The zero-order chi connectivity index (χ0) is 10.2. The van der Waals surface area contributed by atoms with Crippen LogP contribution in [0.5, 0.6) is 0 Å². The number of benzene rings is 1. The Morgan fingerprint density at radius 1 is 1.29 bits per heavy atom. The Morgan fingerprint density at radius 3 is 2.64 bits per heavy atom. The van der Waals surface area contributed by atoms with E-state index in [2.05, 4.69) is 35.0 Å². The average Bonchev–Trinajstić information content (AvgIpc) is 2.18. The van der Waals surface area contributed by atoms with Crippen LogP contribution in [-0.4, -0.2) is 11.4 Å². The van der Waals surface area contributed by atoms with Crippen molar-refractivity contribution in [3.63, 3.8) is 0 Å². The Balaban J connectivity index is 2.05. The van der Waals surface area contributed by atoms with Crippen LogP contribution in [0.15, 0.2) is 30.3 Å². The third-order valence-corrected chi connectivity index (χ3v) is 2.46. The van der Waals surface area contributed by atoms with Gasteiger partial charge in [0.1, 0.15) is 0 Å². The number of hydrogen-bond donors (Lipinski definition) is 0. The van der Waals surface area contributed by atoms with Gasteiger partial charge in [0.25, 0.3) is 0 Å². The van der Waals surface area contributed by atoms with E-state index in [0.717, 1.165) is 19.6 Å². The van der Waals surface area contributed by atoms with Gasteiger partial charge in [-0.05, 0) is 18.4 Å². The van der Waals surface area contributed by atoms with Gasteiger partial charge in [0.2, 0.25) is 0 Å². The Morgan fingerprint density at radius 2 is 2.00 bits per heavy atom. The third kappa shape index (κ3) is 5.40. The summed E-state index contributed by atoms with van der Waals surface area (Å²) < 4.78 is 5.55. The van der Waals surface area contributed by atoms with E-state index in [1.807, 2.05) is 18.2 Å². The van der Waals surface area contributed by atoms with Gasteiger partial charge in [0.05, 0.1) is 6.61 Å². The first-order valence-electron chi connectivity index (χ1n) is 5.05. The van der Waals surface area contributed by atoms with Crippen molar-refractivity contribution in [2.75, 3.05) is 6.61 Å². The Labute approximate surface area is 94.6 Å². The molecule has 1 aromatic rings. The van der Waals surface area contributed by atoms with E-state index in [0.29, 0.717) is 4.83 Å². The van der Waals surface area contributed by atoms with E-state index < -0.39 is 0 Å². The van der Waals surface area contributed by atoms with Crippen molar-refractivity contribution in [2.24, 2.45) is 0 Å². The molecule has 0 heterocycles. The second-order valence-electron chi connectivity index (χ2n) is 3.46. The van der Waals surface area contributed by atoms with E-state index in [4.69, 9.17) is 4.74 Å². The van der Waals surface area contributed by atoms with Crippen molar-refractivity contribution in [3.05, 3.63) is 35.9 Å². The maximum absolute atomic E-state index is 5.55. The third-order valence-electron chi connectivity index (χ3n) is 2.00. The van der Waals surface area contributed by atoms with Gasteiger partial charge in [0, 0.05) is 11.4 Å². The van der Waals surface area contributed by atoms with Crippen molar-refractivity contribution >= 4 is 15.9 Å². The van der Waals surface area contributed by atoms with Gasteiger partial charge in [-0.2, -0.15) is 0 Å². The number of halogens is 1. The molecule has 0 aromatic heterocycles. The second-order valence-corrected chi connectivity index (χ2v) is 5.02. The van der Waals surface area contributed by atoms with Gasteiger partial charge >= 0.3 is 0 Å². The molecule has 78 valence electrons. The van der Waals surface area contributed by atoms with Gasteiger partial charge in [0.15, 0.2) is 0 Å². The van der Waals surface area contributed by atoms with E-state index in [1.165, 1.54) is 12.0 Å². The highest BCUT2D eigenvalue weighted by molar-refractivity contribution is 9.09. The summed E-state index contributed by atoms with van der Waals surface area (Å²) in [4.78, 5) is 0.600. The van der Waals surface area contributed by atoms with Crippen molar-refractivity contribution in [1.29, 1.82) is 0 Å². The van der Waals surface area contributed by atoms with Crippen LogP contribution in [0.1, 0.15) is 25.3 Å². The Bertz CT molecular complexity index is 233. The van der Waals surface area contributed by atoms with Gasteiger partial charge in [-0.15, -0.1) is 0 Å². The summed E-state index contributed by atoms with van der Waals surface area (Å²) in [5, 5.41) is 0. The number of ether oxygens (including phenoxy) is 1. The molecule has 0 bridgehead atoms. The van der Waals surface area contributed by atoms with E-state index in [-0.39, 0.29) is 0 Å². The van der Waals surface area contributed by atoms with Crippen LogP contribution in [0.4, 0.5) is 0 Å². The maximum Gasteiger partial charge on any atom is 0.0716 e. The quantitative estimate of drug-likeness (QED) is 0.556. The molecule has 0 saturated carbocycles. The lowest BCUT2D eigenvalue weighted by molar-refractivity contribution is 0.117. The molecule has 0 saturated heterocycles. The monoisotopic (exact) mass is 256 g/mol. The second kappa shape index (κ2) is 7.02. The van der Waals surface area contributed by atoms with Crippen molar-refractivity contribution < 1.29 is 4.74 Å². The fraction of sp³-hybridized carbons (Fsp3) is 0.500. The predicted octanol–water partition coefficient (Wildman–Crippen LogP) is 3.77. The van der Waals surface area contributed by atoms with Gasteiger partial charge in [-0.3, -0.25) is 0 Å². The molecular formula is C12H17BrO. The first kappa shape index (κ1) is 11.7. The lowest BCUT2D eigenvalue weighted by atomic mass is 10.2. The molecule has 1 rings (SSSR count). The zero-order valence-corrected chi connectivity index (χ0v) is 10.2. The van der Waals surface area contributed by atoms with E-state index in [9.17, 15) is 0 Å². The van der Waals surface area contributed by atoms with Crippen LogP contribution in [0.3, 0.4) is 0 Å². The summed E-state index contributed by atoms with van der Waals surface area (Å²) in [6, 6.07) is 10.3. The highest BCUT2D eigenvalue weighted by atomic mass is 79.9. The molecule has 14 heavy (non-hydrogen) atoms. The van der Waals surface area contributed by atoms with Gasteiger partial charge in [-0.1, -0.05) is 53.2 Å². The standard InChI is InChI=1S/C12H17BrO/c1-11(13)6-5-9-14-10-12-7-3-2-4-8-12/h2-4,7-8,11H,5-6,9-10H2,1H3. The molecule has 0 N–H and O–H groups in total. The van der Waals surface area contributed by atoms with Gasteiger partial charge < -0.3 is 4.74 Å². The highest BCUT2D eigenvalue weighted by Crippen LogP contribution is 2.07. The topological polar surface area (TPSA) is 9.23 Å². The number of rotatable bonds is 6. The molecule has 1 nitrogen and oxygen atoms in total. The molecule has 1 aromatic carbocycles. The van der Waals surface area contributed by atoms with Crippen molar-refractivity contribution in [1.82, 2.24) is 0 Å². The van der Waals surface area contributed by atoms with Crippen LogP contribution >= 0.6 is 15.9 Å². The molecule has 0 aliphatic heterocycles. The van der Waals surface area contributed by atoms with Crippen LogP contribution in [0.2, 0.25) is 0 Å². The smallest absolute Gasteiger partial charge is 0.0716 e. The SMILES string of the molecule is CC(Br)CCCOCc1ccccc1. The summed E-state index contributed by atoms with van der Waals surface area (Å²) in [6.07, 6.45) is 2.30. The molecule has 0 radical (unpaired) electrons. The molecule has 0 spiro atoms. The lowest BCUT2D eigenvalue weighted by Gasteiger charge is -2.05. The average molecular weight is 257 g/mol. The number of hydrogen-bond acceptors (Lipinski definition) is 1. The molecule has 0 aliphatic rings. The summed E-state index contributed by atoms with van der Waals surface area (Å²) in [5.74, 6) is 0. The van der Waals surface area contributed by atoms with Crippen LogP contribution in [-0.2, 0) is 11.3 Å². The largest absolute Gasteiger partial charge is 0.377 e. The van der Waals surface area contributed by atoms with Crippen molar-refractivity contribution in [3.8, 4) is 0 Å². The molecule has 0 aliphatic carbocycles. The molecular weight excluding hydrogens is 240 g/mol. The summed E-state index contributed by atoms with van der Waals surface area (Å²) in [5.41, 5.74) is 1.25. The minimum Gasteiger partial charge on any atom is -0.377 e. The van der Waals surface area contributed by atoms with Crippen LogP contribution < -0.4 is 0 Å². The molecule has 0 amide bonds. The Hall–Kier alpha value is -0.340. The lowest BCUT2D eigenvalue weighted by Crippen LogP contribution is -1.98. The van der Waals surface area contributed by atoms with E-state index in [1.54, 1.807) is 0 Å². The minimum absolute atomic E-state index is 0.600. The normalized spacial score (nSPS) is 12.7. The Kier molecular flexibility index (Phi) is 5.88. The fourth-order valence-corrected chi connectivity index (χ4v) is 1.55. The highest BCUT2D eigenvalue weighted by Gasteiger charge is 1.96. The first-order valence-corrected chi connectivity index (χ1v) is 5.96. The van der Waals surface area contributed by atoms with E-state index >= 15 is 0 Å². The van der Waals surface area contributed by atoms with Crippen molar-refractivity contribution in [2.45, 2.75) is 31.2 Å². The molecule has 1 unspecified atom stereocenters. The predicted molar refractivity (Wildman–Crippen MR) is 63.7 cm³/mol. The first-order chi connectivity index (χ1) is 6.79. The summed E-state index contributed by atoms with van der Waals surface area (Å²) in [7, 11) is 0. The van der Waals surface area contributed by atoms with Crippen LogP contribution in [0.25, 0.3) is 0 Å². The summed E-state index contributed by atoms with van der Waals surface area (Å²) in [6.45, 7) is 3.75. The molecule has 0 fully saturated rings. The minimum atomic E-state index is 0.600. The zero-order valence-electron chi connectivity index (χ0n) is 8.58. The molecule has 1 atom stereocenters. The maximum atomic E-state index is 5.55. The van der Waals surface area contributed by atoms with Crippen LogP contribution in [0, 0.1) is 0 Å². The number of alkyl halides is 1. The summed E-state index contributed by atoms with van der Waals surface area (Å²) >= 11 is 3.52. The molecule has 2 heteroatoms. The fourth-order valence-electron chi connectivity index (χ4n) is 1.23. The van der Waals surface area contributed by atoms with Gasteiger partial charge in [-0.25, -0.2) is 0 Å².